The van der Waals surface area contributed by atoms with Crippen LogP contribution in [0.15, 0.2) is 30.5 Å². The number of aryl methyl sites for hydroxylation is 2. The minimum Gasteiger partial charge on any atom is -0.351 e. The Morgan fingerprint density at radius 2 is 1.88 bits per heavy atom. The van der Waals surface area contributed by atoms with Crippen molar-refractivity contribution >= 4 is 29.1 Å². The van der Waals surface area contributed by atoms with E-state index in [9.17, 15) is 9.59 Å². The number of hydrogen-bond acceptors (Lipinski definition) is 4. The SMILES string of the molecule is Cc1cc(C)c(NC(=O)c2cc(C(=O)NCCN(C)C)ccn2)c(Cl)c1. The smallest absolute Gasteiger partial charge is 0.274 e. The van der Waals surface area contributed by atoms with Crippen molar-refractivity contribution < 1.29 is 9.59 Å². The van der Waals surface area contributed by atoms with Gasteiger partial charge in [-0.15, -0.1) is 0 Å². The van der Waals surface area contributed by atoms with Gasteiger partial charge >= 0.3 is 0 Å². The Balaban J connectivity index is 2.12. The molecule has 6 nitrogen and oxygen atoms in total. The van der Waals surface area contributed by atoms with Gasteiger partial charge in [-0.05, 0) is 57.3 Å². The first kappa shape index (κ1) is 19.9. The van der Waals surface area contributed by atoms with Crippen molar-refractivity contribution in [3.8, 4) is 0 Å². The highest BCUT2D eigenvalue weighted by Crippen LogP contribution is 2.27. The molecule has 2 rings (SSSR count). The first-order valence-electron chi connectivity index (χ1n) is 8.25. The zero-order valence-corrected chi connectivity index (χ0v) is 16.1. The first-order chi connectivity index (χ1) is 12.3. The third kappa shape index (κ3) is 5.28. The van der Waals surface area contributed by atoms with Crippen molar-refractivity contribution in [1.82, 2.24) is 15.2 Å². The number of benzene rings is 1. The fourth-order valence-electron chi connectivity index (χ4n) is 2.44. The number of anilines is 1. The van der Waals surface area contributed by atoms with Crippen LogP contribution in [0.1, 0.15) is 32.0 Å². The molecule has 0 atom stereocenters. The third-order valence-corrected chi connectivity index (χ3v) is 4.07. The van der Waals surface area contributed by atoms with E-state index in [1.54, 1.807) is 12.1 Å². The van der Waals surface area contributed by atoms with Gasteiger partial charge in [0.2, 0.25) is 0 Å². The molecule has 1 aromatic carbocycles. The third-order valence-electron chi connectivity index (χ3n) is 3.77. The minimum atomic E-state index is -0.415. The van der Waals surface area contributed by atoms with Crippen LogP contribution in [0.5, 0.6) is 0 Å². The van der Waals surface area contributed by atoms with Gasteiger partial charge in [0, 0.05) is 24.8 Å². The molecule has 2 amide bonds. The van der Waals surface area contributed by atoms with E-state index in [0.717, 1.165) is 17.7 Å². The second-order valence-corrected chi connectivity index (χ2v) is 6.79. The van der Waals surface area contributed by atoms with E-state index < -0.39 is 5.91 Å². The minimum absolute atomic E-state index is 0.154. The number of nitrogens with zero attached hydrogens (tertiary/aromatic N) is 2. The van der Waals surface area contributed by atoms with Crippen LogP contribution in [0.25, 0.3) is 0 Å². The molecule has 0 aliphatic heterocycles. The van der Waals surface area contributed by atoms with Gasteiger partial charge in [-0.1, -0.05) is 17.7 Å². The first-order valence-corrected chi connectivity index (χ1v) is 8.63. The van der Waals surface area contributed by atoms with Crippen LogP contribution < -0.4 is 10.6 Å². The summed E-state index contributed by atoms with van der Waals surface area (Å²) in [5.74, 6) is -0.658. The molecular weight excluding hydrogens is 352 g/mol. The molecule has 1 aromatic heterocycles. The van der Waals surface area contributed by atoms with Crippen molar-refractivity contribution in [2.45, 2.75) is 13.8 Å². The molecule has 138 valence electrons. The number of rotatable bonds is 6. The molecule has 0 aliphatic carbocycles. The van der Waals surface area contributed by atoms with E-state index in [2.05, 4.69) is 15.6 Å². The summed E-state index contributed by atoms with van der Waals surface area (Å²) in [6, 6.07) is 6.76. The summed E-state index contributed by atoms with van der Waals surface area (Å²) in [5.41, 5.74) is 2.96. The van der Waals surface area contributed by atoms with Crippen LogP contribution in [0.3, 0.4) is 0 Å². The van der Waals surface area contributed by atoms with Crippen LogP contribution in [0.2, 0.25) is 5.02 Å². The van der Waals surface area contributed by atoms with Gasteiger partial charge < -0.3 is 15.5 Å². The zero-order chi connectivity index (χ0) is 19.3. The average molecular weight is 375 g/mol. The maximum absolute atomic E-state index is 12.5. The molecule has 0 saturated carbocycles. The number of hydrogen-bond donors (Lipinski definition) is 2. The molecule has 0 spiro atoms. The number of aromatic nitrogens is 1. The van der Waals surface area contributed by atoms with Gasteiger partial charge in [0.05, 0.1) is 10.7 Å². The summed E-state index contributed by atoms with van der Waals surface area (Å²) in [4.78, 5) is 30.7. The number of carbonyl (C=O) groups excluding carboxylic acids is 2. The van der Waals surface area contributed by atoms with E-state index in [1.165, 1.54) is 12.3 Å². The number of amides is 2. The summed E-state index contributed by atoms with van der Waals surface area (Å²) in [5, 5.41) is 6.05. The van der Waals surface area contributed by atoms with E-state index in [1.807, 2.05) is 38.9 Å². The summed E-state index contributed by atoms with van der Waals surface area (Å²) < 4.78 is 0. The summed E-state index contributed by atoms with van der Waals surface area (Å²) in [6.07, 6.45) is 1.44. The highest BCUT2D eigenvalue weighted by atomic mass is 35.5. The molecule has 0 fully saturated rings. The van der Waals surface area contributed by atoms with Crippen molar-refractivity contribution in [2.75, 3.05) is 32.5 Å². The summed E-state index contributed by atoms with van der Waals surface area (Å²) in [7, 11) is 3.86. The van der Waals surface area contributed by atoms with Crippen molar-refractivity contribution in [3.63, 3.8) is 0 Å². The Hall–Kier alpha value is -2.44. The fraction of sp³-hybridized carbons (Fsp3) is 0.316. The Kier molecular flexibility index (Phi) is 6.71. The zero-order valence-electron chi connectivity index (χ0n) is 15.4. The molecule has 0 aliphatic rings. The summed E-state index contributed by atoms with van der Waals surface area (Å²) >= 11 is 6.23. The monoisotopic (exact) mass is 374 g/mol. The van der Waals surface area contributed by atoms with E-state index in [4.69, 9.17) is 11.6 Å². The van der Waals surface area contributed by atoms with Crippen LogP contribution in [-0.4, -0.2) is 48.9 Å². The Labute approximate surface area is 158 Å². The highest BCUT2D eigenvalue weighted by Gasteiger charge is 2.14. The average Bonchev–Trinajstić information content (AvgIpc) is 2.57. The molecule has 26 heavy (non-hydrogen) atoms. The van der Waals surface area contributed by atoms with Crippen LogP contribution in [0, 0.1) is 13.8 Å². The predicted octanol–water partition coefficient (Wildman–Crippen LogP) is 2.90. The van der Waals surface area contributed by atoms with Gasteiger partial charge in [0.25, 0.3) is 11.8 Å². The Morgan fingerprint density at radius 3 is 2.54 bits per heavy atom. The second-order valence-electron chi connectivity index (χ2n) is 6.38. The van der Waals surface area contributed by atoms with E-state index in [-0.39, 0.29) is 11.6 Å². The molecule has 7 heteroatoms. The standard InChI is InChI=1S/C19H23ClN4O2/c1-12-9-13(2)17(15(20)10-12)23-19(26)16-11-14(5-6-21-16)18(25)22-7-8-24(3)4/h5-6,9-11H,7-8H2,1-4H3,(H,22,25)(H,23,26). The highest BCUT2D eigenvalue weighted by molar-refractivity contribution is 6.34. The van der Waals surface area contributed by atoms with Gasteiger partial charge in [-0.2, -0.15) is 0 Å². The molecule has 1 heterocycles. The van der Waals surface area contributed by atoms with Crippen LogP contribution >= 0.6 is 11.6 Å². The molecule has 0 unspecified atom stereocenters. The number of nitrogens with one attached hydrogen (secondary N) is 2. The largest absolute Gasteiger partial charge is 0.351 e. The van der Waals surface area contributed by atoms with Gasteiger partial charge in [0.1, 0.15) is 5.69 Å². The number of halogens is 1. The fourth-order valence-corrected chi connectivity index (χ4v) is 2.81. The number of carbonyl (C=O) groups is 2. The second kappa shape index (κ2) is 8.78. The Bertz CT molecular complexity index is 798. The van der Waals surface area contributed by atoms with Gasteiger partial charge in [-0.3, -0.25) is 14.6 Å². The molecule has 0 radical (unpaired) electrons. The molecule has 0 saturated heterocycles. The van der Waals surface area contributed by atoms with Crippen molar-refractivity contribution in [2.24, 2.45) is 0 Å². The molecule has 0 bridgehead atoms. The normalized spacial score (nSPS) is 10.7. The van der Waals surface area contributed by atoms with Gasteiger partial charge in [-0.25, -0.2) is 0 Å². The lowest BCUT2D eigenvalue weighted by Gasteiger charge is -2.12. The van der Waals surface area contributed by atoms with Gasteiger partial charge in [0.15, 0.2) is 0 Å². The maximum Gasteiger partial charge on any atom is 0.274 e. The molecule has 2 aromatic rings. The topological polar surface area (TPSA) is 74.3 Å². The van der Waals surface area contributed by atoms with Crippen molar-refractivity contribution in [3.05, 3.63) is 57.9 Å². The van der Waals surface area contributed by atoms with Crippen molar-refractivity contribution in [1.29, 1.82) is 0 Å². The van der Waals surface area contributed by atoms with Crippen LogP contribution in [-0.2, 0) is 0 Å². The lowest BCUT2D eigenvalue weighted by molar-refractivity contribution is 0.0951. The van der Waals surface area contributed by atoms with Crippen LogP contribution in [0.4, 0.5) is 5.69 Å². The number of pyridine rings is 1. The summed E-state index contributed by atoms with van der Waals surface area (Å²) in [6.45, 7) is 5.06. The lowest BCUT2D eigenvalue weighted by atomic mass is 10.1. The number of likely N-dealkylation sites (N-methyl/N-ethyl adjacent to an activating group) is 1. The lowest BCUT2D eigenvalue weighted by Crippen LogP contribution is -2.31. The molecular formula is C19H23ClN4O2. The van der Waals surface area contributed by atoms with E-state index >= 15 is 0 Å². The quantitative estimate of drug-likeness (QED) is 0.815. The molecule has 2 N–H and O–H groups in total. The van der Waals surface area contributed by atoms with E-state index in [0.29, 0.717) is 22.8 Å². The predicted molar refractivity (Wildman–Crippen MR) is 104 cm³/mol. The maximum atomic E-state index is 12.5. The Morgan fingerprint density at radius 1 is 1.15 bits per heavy atom.